The smallest absolute Gasteiger partial charge is 0.314 e. The van der Waals surface area contributed by atoms with Crippen LogP contribution in [0.25, 0.3) is 0 Å². The van der Waals surface area contributed by atoms with E-state index in [1.165, 1.54) is 32.1 Å². The summed E-state index contributed by atoms with van der Waals surface area (Å²) in [5.74, 6) is 0.648. The van der Waals surface area contributed by atoms with Crippen molar-refractivity contribution in [3.63, 3.8) is 0 Å². The van der Waals surface area contributed by atoms with Crippen LogP contribution >= 0.6 is 0 Å². The van der Waals surface area contributed by atoms with E-state index in [1.807, 2.05) is 0 Å². The fourth-order valence-electron chi connectivity index (χ4n) is 2.13. The number of rotatable bonds is 6. The standard InChI is InChI=1S/C12H24N2O3/c1-16-11(17-2)9-14-12(15)13-8-10-6-4-3-5-7-10/h10-11H,3-9H2,1-2H3,(H2,13,14,15). The molecule has 1 aliphatic carbocycles. The number of amides is 2. The highest BCUT2D eigenvalue weighted by atomic mass is 16.7. The van der Waals surface area contributed by atoms with Crippen LogP contribution in [0.1, 0.15) is 32.1 Å². The zero-order valence-corrected chi connectivity index (χ0v) is 10.8. The molecular formula is C12H24N2O3. The summed E-state index contributed by atoms with van der Waals surface area (Å²) in [5.41, 5.74) is 0. The van der Waals surface area contributed by atoms with E-state index in [1.54, 1.807) is 14.2 Å². The lowest BCUT2D eigenvalue weighted by Gasteiger charge is -2.22. The van der Waals surface area contributed by atoms with E-state index in [4.69, 9.17) is 9.47 Å². The third kappa shape index (κ3) is 5.89. The molecule has 0 spiro atoms. The molecular weight excluding hydrogens is 220 g/mol. The first kappa shape index (κ1) is 14.3. The average Bonchev–Trinajstić information content (AvgIpc) is 2.39. The topological polar surface area (TPSA) is 59.6 Å². The highest BCUT2D eigenvalue weighted by Crippen LogP contribution is 2.22. The lowest BCUT2D eigenvalue weighted by molar-refractivity contribution is -0.0971. The van der Waals surface area contributed by atoms with Gasteiger partial charge in [-0.15, -0.1) is 0 Å². The van der Waals surface area contributed by atoms with Crippen LogP contribution in [0.5, 0.6) is 0 Å². The van der Waals surface area contributed by atoms with Crippen LogP contribution in [0.15, 0.2) is 0 Å². The molecule has 17 heavy (non-hydrogen) atoms. The van der Waals surface area contributed by atoms with E-state index in [2.05, 4.69) is 10.6 Å². The average molecular weight is 244 g/mol. The van der Waals surface area contributed by atoms with E-state index >= 15 is 0 Å². The first-order chi connectivity index (χ1) is 8.26. The molecule has 100 valence electrons. The fourth-order valence-corrected chi connectivity index (χ4v) is 2.13. The van der Waals surface area contributed by atoms with E-state index in [-0.39, 0.29) is 12.3 Å². The second-order valence-electron chi connectivity index (χ2n) is 4.50. The minimum atomic E-state index is -0.379. The van der Waals surface area contributed by atoms with Crippen LogP contribution in [-0.2, 0) is 9.47 Å². The Bertz CT molecular complexity index is 214. The Kier molecular flexibility index (Phi) is 6.96. The van der Waals surface area contributed by atoms with Crippen molar-refractivity contribution in [2.75, 3.05) is 27.3 Å². The summed E-state index contributed by atoms with van der Waals surface area (Å²) >= 11 is 0. The van der Waals surface area contributed by atoms with Gasteiger partial charge in [0.15, 0.2) is 6.29 Å². The SMILES string of the molecule is COC(CNC(=O)NCC1CCCCC1)OC. The molecule has 1 aliphatic rings. The molecule has 1 saturated carbocycles. The predicted molar refractivity (Wildman–Crippen MR) is 65.8 cm³/mol. The lowest BCUT2D eigenvalue weighted by Crippen LogP contribution is -2.42. The summed E-state index contributed by atoms with van der Waals surface area (Å²) in [7, 11) is 3.10. The molecule has 0 aliphatic heterocycles. The summed E-state index contributed by atoms with van der Waals surface area (Å²) in [4.78, 5) is 11.5. The summed E-state index contributed by atoms with van der Waals surface area (Å²) in [6, 6.07) is -0.144. The van der Waals surface area contributed by atoms with Crippen LogP contribution < -0.4 is 10.6 Å². The molecule has 2 amide bonds. The Balaban J connectivity index is 2.07. The number of carbonyl (C=O) groups excluding carboxylic acids is 1. The summed E-state index contributed by atoms with van der Waals surface area (Å²) < 4.78 is 9.96. The third-order valence-electron chi connectivity index (χ3n) is 3.23. The molecule has 1 rings (SSSR count). The summed E-state index contributed by atoms with van der Waals surface area (Å²) in [6.45, 7) is 1.14. The maximum atomic E-state index is 11.5. The molecule has 0 saturated heterocycles. The minimum Gasteiger partial charge on any atom is -0.354 e. The molecule has 2 N–H and O–H groups in total. The van der Waals surface area contributed by atoms with Crippen LogP contribution in [0, 0.1) is 5.92 Å². The van der Waals surface area contributed by atoms with Gasteiger partial charge in [-0.1, -0.05) is 19.3 Å². The number of hydrogen-bond donors (Lipinski definition) is 2. The highest BCUT2D eigenvalue weighted by Gasteiger charge is 2.14. The molecule has 0 aromatic heterocycles. The quantitative estimate of drug-likeness (QED) is 0.696. The van der Waals surface area contributed by atoms with Gasteiger partial charge in [0.05, 0.1) is 6.54 Å². The van der Waals surface area contributed by atoms with E-state index in [9.17, 15) is 4.79 Å². The second kappa shape index (κ2) is 8.31. The van der Waals surface area contributed by atoms with Gasteiger partial charge in [-0.05, 0) is 18.8 Å². The van der Waals surface area contributed by atoms with E-state index in [0.717, 1.165) is 6.54 Å². The molecule has 0 aromatic carbocycles. The fraction of sp³-hybridized carbons (Fsp3) is 0.917. The van der Waals surface area contributed by atoms with Gasteiger partial charge in [0.1, 0.15) is 0 Å². The van der Waals surface area contributed by atoms with Crippen molar-refractivity contribution < 1.29 is 14.3 Å². The third-order valence-corrected chi connectivity index (χ3v) is 3.23. The van der Waals surface area contributed by atoms with E-state index in [0.29, 0.717) is 12.5 Å². The van der Waals surface area contributed by atoms with Gasteiger partial charge in [-0.2, -0.15) is 0 Å². The van der Waals surface area contributed by atoms with Gasteiger partial charge in [0, 0.05) is 20.8 Å². The highest BCUT2D eigenvalue weighted by molar-refractivity contribution is 5.73. The van der Waals surface area contributed by atoms with Crippen molar-refractivity contribution in [1.29, 1.82) is 0 Å². The van der Waals surface area contributed by atoms with Crippen molar-refractivity contribution in [2.45, 2.75) is 38.4 Å². The molecule has 0 aromatic rings. The molecule has 5 heteroatoms. The van der Waals surface area contributed by atoms with Crippen LogP contribution in [0.2, 0.25) is 0 Å². The van der Waals surface area contributed by atoms with Crippen molar-refractivity contribution in [3.8, 4) is 0 Å². The van der Waals surface area contributed by atoms with Gasteiger partial charge in [-0.25, -0.2) is 4.79 Å². The Morgan fingerprint density at radius 1 is 1.18 bits per heavy atom. The molecule has 1 fully saturated rings. The first-order valence-corrected chi connectivity index (χ1v) is 6.33. The van der Waals surface area contributed by atoms with Crippen molar-refractivity contribution in [3.05, 3.63) is 0 Å². The molecule has 0 unspecified atom stereocenters. The van der Waals surface area contributed by atoms with Crippen LogP contribution in [0.3, 0.4) is 0 Å². The molecule has 5 nitrogen and oxygen atoms in total. The minimum absolute atomic E-state index is 0.144. The van der Waals surface area contributed by atoms with Crippen LogP contribution in [-0.4, -0.2) is 39.6 Å². The van der Waals surface area contributed by atoms with Gasteiger partial charge in [-0.3, -0.25) is 0 Å². The Morgan fingerprint density at radius 3 is 2.41 bits per heavy atom. The van der Waals surface area contributed by atoms with Gasteiger partial charge < -0.3 is 20.1 Å². The number of ether oxygens (including phenoxy) is 2. The van der Waals surface area contributed by atoms with Crippen LogP contribution in [0.4, 0.5) is 4.79 Å². The van der Waals surface area contributed by atoms with Gasteiger partial charge in [0.25, 0.3) is 0 Å². The summed E-state index contributed by atoms with van der Waals surface area (Å²) in [5, 5.41) is 5.62. The maximum Gasteiger partial charge on any atom is 0.314 e. The second-order valence-corrected chi connectivity index (χ2v) is 4.50. The molecule has 0 atom stereocenters. The van der Waals surface area contributed by atoms with Gasteiger partial charge >= 0.3 is 6.03 Å². The zero-order valence-electron chi connectivity index (χ0n) is 10.8. The first-order valence-electron chi connectivity index (χ1n) is 6.33. The Morgan fingerprint density at radius 2 is 1.82 bits per heavy atom. The molecule has 0 heterocycles. The summed E-state index contributed by atoms with van der Waals surface area (Å²) in [6.07, 6.45) is 6.02. The van der Waals surface area contributed by atoms with Crippen molar-refractivity contribution >= 4 is 6.03 Å². The molecule has 0 bridgehead atoms. The Hall–Kier alpha value is -0.810. The van der Waals surface area contributed by atoms with E-state index < -0.39 is 0 Å². The number of hydrogen-bond acceptors (Lipinski definition) is 3. The van der Waals surface area contributed by atoms with Gasteiger partial charge in [0.2, 0.25) is 0 Å². The molecule has 0 radical (unpaired) electrons. The largest absolute Gasteiger partial charge is 0.354 e. The van der Waals surface area contributed by atoms with Crippen molar-refractivity contribution in [1.82, 2.24) is 10.6 Å². The lowest BCUT2D eigenvalue weighted by atomic mass is 9.89. The monoisotopic (exact) mass is 244 g/mol. The Labute approximate surface area is 103 Å². The number of nitrogens with one attached hydrogen (secondary N) is 2. The predicted octanol–water partition coefficient (Wildman–Crippen LogP) is 1.48. The number of carbonyl (C=O) groups is 1. The number of urea groups is 1. The number of methoxy groups -OCH3 is 2. The normalized spacial score (nSPS) is 17.1. The zero-order chi connectivity index (χ0) is 12.5. The van der Waals surface area contributed by atoms with Crippen molar-refractivity contribution in [2.24, 2.45) is 5.92 Å². The maximum absolute atomic E-state index is 11.5.